The number of hydrogen-bond acceptors (Lipinski definition) is 4. The largest absolute Gasteiger partial charge is 0.504 e. The van der Waals surface area contributed by atoms with Crippen LogP contribution >= 0.6 is 0 Å². The molecule has 1 fully saturated rings. The first-order valence-electron chi connectivity index (χ1n) is 12.5. The number of benzene rings is 2. The maximum absolute atomic E-state index is 13.8. The highest BCUT2D eigenvalue weighted by atomic mass is 19.1. The zero-order valence-corrected chi connectivity index (χ0v) is 20.6. The summed E-state index contributed by atoms with van der Waals surface area (Å²) in [6, 6.07) is 11.4. The Kier molecular flexibility index (Phi) is 7.88. The fraction of sp³-hybridized carbons (Fsp3) is 0.310. The molecule has 4 aromatic rings. The molecule has 5 rings (SSSR count). The lowest BCUT2D eigenvalue weighted by molar-refractivity contribution is 0.0943. The molecule has 1 aliphatic rings. The van der Waals surface area contributed by atoms with E-state index in [1.165, 1.54) is 12.1 Å². The minimum absolute atomic E-state index is 0.225. The number of fused-ring (bicyclic) bond motifs is 1. The lowest BCUT2D eigenvalue weighted by Crippen LogP contribution is -2.31. The first-order valence-corrected chi connectivity index (χ1v) is 12.5. The Balaban J connectivity index is 0.00000148. The second-order valence-corrected chi connectivity index (χ2v) is 8.95. The maximum atomic E-state index is 13.8. The smallest absolute Gasteiger partial charge is 0.253 e. The van der Waals surface area contributed by atoms with E-state index in [2.05, 4.69) is 15.3 Å². The first-order chi connectivity index (χ1) is 17.5. The van der Waals surface area contributed by atoms with Gasteiger partial charge in [-0.1, -0.05) is 26.0 Å². The van der Waals surface area contributed by atoms with Gasteiger partial charge in [0, 0.05) is 41.6 Å². The van der Waals surface area contributed by atoms with Gasteiger partial charge >= 0.3 is 0 Å². The van der Waals surface area contributed by atoms with Gasteiger partial charge in [-0.3, -0.25) is 9.78 Å². The number of pyridine rings is 1. The molecule has 2 aromatic heterocycles. The third kappa shape index (κ3) is 5.20. The van der Waals surface area contributed by atoms with Gasteiger partial charge in [0.1, 0.15) is 5.82 Å². The van der Waals surface area contributed by atoms with Crippen molar-refractivity contribution in [2.45, 2.75) is 45.4 Å². The van der Waals surface area contributed by atoms with Gasteiger partial charge in [-0.05, 0) is 73.4 Å². The molecule has 1 amide bonds. The van der Waals surface area contributed by atoms with E-state index in [1.807, 2.05) is 19.9 Å². The number of aromatic amines is 1. The zero-order valence-electron chi connectivity index (χ0n) is 20.6. The van der Waals surface area contributed by atoms with Crippen molar-refractivity contribution in [3.05, 3.63) is 78.0 Å². The van der Waals surface area contributed by atoms with E-state index >= 15 is 0 Å². The molecule has 0 unspecified atom stereocenters. The molecule has 4 N–H and O–H groups in total. The third-order valence-corrected chi connectivity index (χ3v) is 6.87. The monoisotopic (exact) mass is 489 g/mol. The van der Waals surface area contributed by atoms with Gasteiger partial charge in [-0.25, -0.2) is 4.39 Å². The SMILES string of the molecule is CC.O=C(NCC1CCC(c2ccnc3ccc(F)cc23)CC1)c1c[nH]cc1-c1cccc(O)c1O. The Morgan fingerprint density at radius 2 is 1.83 bits per heavy atom. The van der Waals surface area contributed by atoms with Crippen LogP contribution in [-0.2, 0) is 0 Å². The quantitative estimate of drug-likeness (QED) is 0.240. The Labute approximate surface area is 210 Å². The van der Waals surface area contributed by atoms with Crippen molar-refractivity contribution in [1.29, 1.82) is 0 Å². The molecule has 0 aliphatic heterocycles. The van der Waals surface area contributed by atoms with Crippen LogP contribution in [0.4, 0.5) is 4.39 Å². The molecular formula is C29H32FN3O3. The maximum Gasteiger partial charge on any atom is 0.253 e. The molecule has 1 aliphatic carbocycles. The van der Waals surface area contributed by atoms with Crippen molar-refractivity contribution in [2.75, 3.05) is 6.54 Å². The predicted octanol–water partition coefficient (Wildman–Crippen LogP) is 6.51. The average molecular weight is 490 g/mol. The van der Waals surface area contributed by atoms with Gasteiger partial charge in [-0.15, -0.1) is 0 Å². The third-order valence-electron chi connectivity index (χ3n) is 6.87. The number of phenolic OH excluding ortho intramolecular Hbond substituents is 2. The Hall–Kier alpha value is -3.87. The second-order valence-electron chi connectivity index (χ2n) is 8.95. The molecule has 0 bridgehead atoms. The van der Waals surface area contributed by atoms with Crippen molar-refractivity contribution in [2.24, 2.45) is 5.92 Å². The number of para-hydroxylation sites is 1. The Morgan fingerprint density at radius 1 is 1.06 bits per heavy atom. The molecular weight excluding hydrogens is 457 g/mol. The first kappa shape index (κ1) is 25.2. The standard InChI is InChI=1S/C27H26FN3O3.C2H6/c28-18-8-9-24-21(12-18)19(10-11-30-24)17-6-4-16(5-7-17)13-31-27(34)23-15-29-14-22(23)20-2-1-3-25(32)26(20)33;1-2/h1-3,8-12,14-17,29,32-33H,4-7,13H2,(H,31,34);1-2H3. The van der Waals surface area contributed by atoms with E-state index in [0.29, 0.717) is 35.1 Å². The number of phenols is 2. The van der Waals surface area contributed by atoms with Crippen LogP contribution in [0.5, 0.6) is 11.5 Å². The van der Waals surface area contributed by atoms with Gasteiger partial charge in [0.15, 0.2) is 11.5 Å². The number of aromatic hydroxyl groups is 2. The number of hydrogen-bond donors (Lipinski definition) is 4. The summed E-state index contributed by atoms with van der Waals surface area (Å²) in [5.74, 6) is -0.242. The van der Waals surface area contributed by atoms with Crippen molar-refractivity contribution in [1.82, 2.24) is 15.3 Å². The molecule has 0 spiro atoms. The molecule has 188 valence electrons. The molecule has 7 heteroatoms. The molecule has 36 heavy (non-hydrogen) atoms. The van der Waals surface area contributed by atoms with Crippen molar-refractivity contribution >= 4 is 16.8 Å². The molecule has 2 aromatic carbocycles. The molecule has 0 radical (unpaired) electrons. The van der Waals surface area contributed by atoms with Crippen LogP contribution in [0.25, 0.3) is 22.0 Å². The fourth-order valence-electron chi connectivity index (χ4n) is 5.03. The summed E-state index contributed by atoms with van der Waals surface area (Å²) in [4.78, 5) is 20.2. The molecule has 0 atom stereocenters. The summed E-state index contributed by atoms with van der Waals surface area (Å²) < 4.78 is 13.8. The van der Waals surface area contributed by atoms with Crippen molar-refractivity contribution in [3.63, 3.8) is 0 Å². The zero-order chi connectivity index (χ0) is 25.7. The van der Waals surface area contributed by atoms with E-state index < -0.39 is 0 Å². The summed E-state index contributed by atoms with van der Waals surface area (Å²) in [5, 5.41) is 23.9. The number of nitrogens with one attached hydrogen (secondary N) is 2. The number of aromatic nitrogens is 2. The van der Waals surface area contributed by atoms with Crippen LogP contribution in [0.1, 0.15) is 61.4 Å². The molecule has 1 saturated carbocycles. The van der Waals surface area contributed by atoms with E-state index in [4.69, 9.17) is 0 Å². The van der Waals surface area contributed by atoms with Crippen LogP contribution in [0, 0.1) is 11.7 Å². The van der Waals surface area contributed by atoms with Crippen LogP contribution < -0.4 is 5.32 Å². The predicted molar refractivity (Wildman–Crippen MR) is 140 cm³/mol. The van der Waals surface area contributed by atoms with Crippen LogP contribution in [0.2, 0.25) is 0 Å². The fourth-order valence-corrected chi connectivity index (χ4v) is 5.03. The summed E-state index contributed by atoms with van der Waals surface area (Å²) in [5.41, 5.74) is 3.31. The van der Waals surface area contributed by atoms with Crippen LogP contribution in [-0.4, -0.2) is 32.6 Å². The van der Waals surface area contributed by atoms with Gasteiger partial charge in [0.2, 0.25) is 0 Å². The van der Waals surface area contributed by atoms with Gasteiger partial charge in [0.05, 0.1) is 11.1 Å². The van der Waals surface area contributed by atoms with E-state index in [0.717, 1.165) is 42.1 Å². The number of halogens is 1. The van der Waals surface area contributed by atoms with Crippen LogP contribution in [0.3, 0.4) is 0 Å². The lowest BCUT2D eigenvalue weighted by Gasteiger charge is -2.29. The topological polar surface area (TPSA) is 98.2 Å². The highest BCUT2D eigenvalue weighted by Crippen LogP contribution is 2.39. The summed E-state index contributed by atoms with van der Waals surface area (Å²) in [7, 11) is 0. The lowest BCUT2D eigenvalue weighted by atomic mass is 9.78. The Bertz CT molecular complexity index is 1340. The van der Waals surface area contributed by atoms with Crippen LogP contribution in [0.15, 0.2) is 61.1 Å². The summed E-state index contributed by atoms with van der Waals surface area (Å²) in [6.07, 6.45) is 8.91. The average Bonchev–Trinajstić information content (AvgIpc) is 3.40. The number of H-pyrrole nitrogens is 1. The molecule has 6 nitrogen and oxygen atoms in total. The minimum atomic E-state index is -0.252. The molecule has 2 heterocycles. The summed E-state index contributed by atoms with van der Waals surface area (Å²) >= 11 is 0. The number of nitrogens with zero attached hydrogens (tertiary/aromatic N) is 1. The Morgan fingerprint density at radius 3 is 2.61 bits per heavy atom. The molecule has 0 saturated heterocycles. The van der Waals surface area contributed by atoms with E-state index in [1.54, 1.807) is 42.9 Å². The van der Waals surface area contributed by atoms with E-state index in [9.17, 15) is 19.4 Å². The highest BCUT2D eigenvalue weighted by molar-refractivity contribution is 6.01. The highest BCUT2D eigenvalue weighted by Gasteiger charge is 2.25. The number of carbonyl (C=O) groups is 1. The van der Waals surface area contributed by atoms with Crippen molar-refractivity contribution in [3.8, 4) is 22.6 Å². The van der Waals surface area contributed by atoms with Gasteiger partial charge < -0.3 is 20.5 Å². The normalized spacial score (nSPS) is 17.3. The van der Waals surface area contributed by atoms with E-state index in [-0.39, 0.29) is 23.2 Å². The number of amides is 1. The number of carbonyl (C=O) groups excluding carboxylic acids is 1. The minimum Gasteiger partial charge on any atom is -0.504 e. The summed E-state index contributed by atoms with van der Waals surface area (Å²) in [6.45, 7) is 4.56. The van der Waals surface area contributed by atoms with Crippen molar-refractivity contribution < 1.29 is 19.4 Å². The van der Waals surface area contributed by atoms with Gasteiger partial charge in [-0.2, -0.15) is 0 Å². The van der Waals surface area contributed by atoms with Gasteiger partial charge in [0.25, 0.3) is 5.91 Å². The second kappa shape index (κ2) is 11.2. The number of rotatable bonds is 5.